The molecule has 152 valence electrons. The second-order valence-corrected chi connectivity index (χ2v) is 9.27. The van der Waals surface area contributed by atoms with Gasteiger partial charge in [-0.05, 0) is 62.4 Å². The Morgan fingerprint density at radius 2 is 2.07 bits per heavy atom. The summed E-state index contributed by atoms with van der Waals surface area (Å²) in [6.07, 6.45) is 4.12. The maximum Gasteiger partial charge on any atom is 0.125 e. The molecule has 0 amide bonds. The van der Waals surface area contributed by atoms with E-state index in [1.54, 1.807) is 0 Å². The number of nitrogens with zero attached hydrogens (tertiary/aromatic N) is 2. The molecule has 5 rings (SSSR count). The average molecular weight is 458 g/mol. The molecule has 1 N–H and O–H groups in total. The lowest BCUT2D eigenvalue weighted by Crippen LogP contribution is -2.46. The van der Waals surface area contributed by atoms with Crippen LogP contribution in [-0.4, -0.2) is 40.0 Å². The van der Waals surface area contributed by atoms with Crippen LogP contribution in [0.4, 0.5) is 4.39 Å². The van der Waals surface area contributed by atoms with Crippen LogP contribution in [0.25, 0.3) is 10.9 Å². The maximum absolute atomic E-state index is 14.9. The van der Waals surface area contributed by atoms with E-state index < -0.39 is 5.67 Å². The highest BCUT2D eigenvalue weighted by atomic mass is 79.9. The second-order valence-electron chi connectivity index (χ2n) is 8.36. The molecule has 2 heterocycles. The second kappa shape index (κ2) is 7.10. The minimum absolute atomic E-state index is 0.0454. The van der Waals surface area contributed by atoms with Crippen molar-refractivity contribution in [2.24, 2.45) is 0 Å². The van der Waals surface area contributed by atoms with Crippen molar-refractivity contribution in [3.8, 4) is 5.75 Å². The summed E-state index contributed by atoms with van der Waals surface area (Å²) in [5.41, 5.74) is 3.62. The van der Waals surface area contributed by atoms with E-state index >= 15 is 0 Å². The van der Waals surface area contributed by atoms with Crippen LogP contribution < -0.4 is 4.74 Å². The number of rotatable bonds is 5. The van der Waals surface area contributed by atoms with Crippen molar-refractivity contribution >= 4 is 26.8 Å². The van der Waals surface area contributed by atoms with Crippen molar-refractivity contribution in [1.29, 1.82) is 0 Å². The first-order valence-electron chi connectivity index (χ1n) is 10.3. The van der Waals surface area contributed by atoms with Gasteiger partial charge in [0.2, 0.25) is 0 Å². The van der Waals surface area contributed by atoms with E-state index in [0.29, 0.717) is 26.0 Å². The third kappa shape index (κ3) is 3.36. The van der Waals surface area contributed by atoms with Gasteiger partial charge in [0.1, 0.15) is 11.4 Å². The van der Waals surface area contributed by atoms with E-state index in [-0.39, 0.29) is 12.1 Å². The summed E-state index contributed by atoms with van der Waals surface area (Å²) in [5, 5.41) is 8.50. The highest BCUT2D eigenvalue weighted by Crippen LogP contribution is 2.48. The highest BCUT2D eigenvalue weighted by molar-refractivity contribution is 9.10. The normalized spacial score (nSPS) is 23.2. The molecular formula is C23H25BrFN3O. The van der Waals surface area contributed by atoms with Gasteiger partial charge in [-0.2, -0.15) is 5.10 Å². The molecule has 3 aromatic rings. The average Bonchev–Trinajstić information content (AvgIpc) is 3.22. The van der Waals surface area contributed by atoms with Gasteiger partial charge in [0.05, 0.1) is 24.4 Å². The minimum atomic E-state index is -1.05. The monoisotopic (exact) mass is 457 g/mol. The molecule has 1 aliphatic heterocycles. The van der Waals surface area contributed by atoms with Crippen molar-refractivity contribution in [1.82, 2.24) is 15.1 Å². The van der Waals surface area contributed by atoms with Gasteiger partial charge in [-0.1, -0.05) is 28.1 Å². The van der Waals surface area contributed by atoms with E-state index in [1.165, 1.54) is 11.1 Å². The lowest BCUT2D eigenvalue weighted by atomic mass is 9.83. The fourth-order valence-electron chi connectivity index (χ4n) is 4.65. The molecule has 6 heteroatoms. The smallest absolute Gasteiger partial charge is 0.125 e. The zero-order valence-electron chi connectivity index (χ0n) is 16.7. The molecule has 1 fully saturated rings. The summed E-state index contributed by atoms with van der Waals surface area (Å²) in [7, 11) is 0. The zero-order valence-corrected chi connectivity index (χ0v) is 18.3. The standard InChI is InChI=1S/C23H25BrFN3O/c1-3-29-21-11-15(24)4-5-17(21)22-16-6-7-20-19(12-26-27-20)18(16)10-14(2)28(22)13-23(25)8-9-23/h4-7,11-12,14,22H,3,8-10,13H2,1-2H3,(H,26,27)/t14-,22+/m1/s1. The SMILES string of the molecule is CCOc1cc(Br)ccc1[C@@H]1c2ccc3[nH]ncc3c2C[C@@H](C)N1CC1(F)CC1. The van der Waals surface area contributed by atoms with Crippen molar-refractivity contribution < 1.29 is 9.13 Å². The fourth-order valence-corrected chi connectivity index (χ4v) is 4.99. The van der Waals surface area contributed by atoms with Crippen LogP contribution in [0.15, 0.2) is 41.0 Å². The maximum atomic E-state index is 14.9. The number of hydrogen-bond donors (Lipinski definition) is 1. The Morgan fingerprint density at radius 1 is 1.28 bits per heavy atom. The van der Waals surface area contributed by atoms with Gasteiger partial charge in [-0.25, -0.2) is 4.39 Å². The Morgan fingerprint density at radius 3 is 2.83 bits per heavy atom. The first-order chi connectivity index (χ1) is 14.0. The zero-order chi connectivity index (χ0) is 20.2. The van der Waals surface area contributed by atoms with Crippen molar-refractivity contribution in [2.75, 3.05) is 13.2 Å². The summed E-state index contributed by atoms with van der Waals surface area (Å²) in [5.74, 6) is 0.855. The number of alkyl halides is 1. The molecule has 29 heavy (non-hydrogen) atoms. The first kappa shape index (κ1) is 19.1. The molecule has 0 unspecified atom stereocenters. The van der Waals surface area contributed by atoms with E-state index in [9.17, 15) is 4.39 Å². The Hall–Kier alpha value is -1.92. The van der Waals surface area contributed by atoms with Crippen LogP contribution in [0.2, 0.25) is 0 Å². The summed E-state index contributed by atoms with van der Waals surface area (Å²) in [6, 6.07) is 10.6. The molecule has 1 aliphatic carbocycles. The van der Waals surface area contributed by atoms with Gasteiger partial charge in [0.25, 0.3) is 0 Å². The Balaban J connectivity index is 1.70. The molecule has 1 saturated carbocycles. The number of benzene rings is 2. The van der Waals surface area contributed by atoms with Crippen LogP contribution in [0, 0.1) is 0 Å². The fraction of sp³-hybridized carbons (Fsp3) is 0.435. The van der Waals surface area contributed by atoms with Crippen LogP contribution >= 0.6 is 15.9 Å². The number of aromatic nitrogens is 2. The van der Waals surface area contributed by atoms with E-state index in [4.69, 9.17) is 4.74 Å². The summed E-state index contributed by atoms with van der Waals surface area (Å²) in [4.78, 5) is 2.34. The Labute approximate surface area is 178 Å². The number of H-pyrrole nitrogens is 1. The van der Waals surface area contributed by atoms with Gasteiger partial charge in [-0.3, -0.25) is 10.00 Å². The molecular weight excluding hydrogens is 433 g/mol. The molecule has 1 aromatic heterocycles. The summed E-state index contributed by atoms with van der Waals surface area (Å²) >= 11 is 3.57. The van der Waals surface area contributed by atoms with E-state index in [2.05, 4.69) is 56.2 Å². The molecule has 2 atom stereocenters. The number of ether oxygens (including phenoxy) is 1. The van der Waals surface area contributed by atoms with Crippen LogP contribution in [-0.2, 0) is 6.42 Å². The third-order valence-electron chi connectivity index (χ3n) is 6.29. The Kier molecular flexibility index (Phi) is 4.67. The highest BCUT2D eigenvalue weighted by Gasteiger charge is 2.48. The van der Waals surface area contributed by atoms with Gasteiger partial charge < -0.3 is 4.74 Å². The summed E-state index contributed by atoms with van der Waals surface area (Å²) < 4.78 is 21.9. The lowest BCUT2D eigenvalue weighted by molar-refractivity contribution is 0.0970. The molecule has 0 spiro atoms. The molecule has 4 nitrogen and oxygen atoms in total. The van der Waals surface area contributed by atoms with Gasteiger partial charge >= 0.3 is 0 Å². The van der Waals surface area contributed by atoms with E-state index in [0.717, 1.165) is 33.1 Å². The number of fused-ring (bicyclic) bond motifs is 3. The lowest BCUT2D eigenvalue weighted by Gasteiger charge is -2.43. The molecule has 2 aliphatic rings. The molecule has 0 radical (unpaired) electrons. The Bertz CT molecular complexity index is 1060. The van der Waals surface area contributed by atoms with Crippen molar-refractivity contribution in [3.63, 3.8) is 0 Å². The molecule has 0 bridgehead atoms. The third-order valence-corrected chi connectivity index (χ3v) is 6.79. The van der Waals surface area contributed by atoms with Gasteiger partial charge in [0.15, 0.2) is 0 Å². The topological polar surface area (TPSA) is 41.1 Å². The van der Waals surface area contributed by atoms with Crippen molar-refractivity contribution in [2.45, 2.75) is 50.9 Å². The quantitative estimate of drug-likeness (QED) is 0.544. The van der Waals surface area contributed by atoms with Crippen LogP contribution in [0.3, 0.4) is 0 Å². The van der Waals surface area contributed by atoms with Crippen molar-refractivity contribution in [3.05, 3.63) is 57.7 Å². The largest absolute Gasteiger partial charge is 0.493 e. The van der Waals surface area contributed by atoms with E-state index in [1.807, 2.05) is 25.3 Å². The van der Waals surface area contributed by atoms with Gasteiger partial charge in [0, 0.05) is 28.0 Å². The number of nitrogens with one attached hydrogen (secondary N) is 1. The predicted octanol–water partition coefficient (Wildman–Crippen LogP) is 5.56. The van der Waals surface area contributed by atoms with Crippen LogP contribution in [0.1, 0.15) is 49.4 Å². The molecule has 2 aromatic carbocycles. The summed E-state index contributed by atoms with van der Waals surface area (Å²) in [6.45, 7) is 5.26. The number of halogens is 2. The van der Waals surface area contributed by atoms with Gasteiger partial charge in [-0.15, -0.1) is 0 Å². The first-order valence-corrected chi connectivity index (χ1v) is 11.1. The number of aromatic amines is 1. The van der Waals surface area contributed by atoms with Crippen LogP contribution in [0.5, 0.6) is 5.75 Å². The molecule has 0 saturated heterocycles. The minimum Gasteiger partial charge on any atom is -0.493 e. The predicted molar refractivity (Wildman–Crippen MR) is 116 cm³/mol. The number of hydrogen-bond acceptors (Lipinski definition) is 3.